The van der Waals surface area contributed by atoms with Gasteiger partial charge in [-0.25, -0.2) is 4.79 Å². The predicted molar refractivity (Wildman–Crippen MR) is 76.6 cm³/mol. The van der Waals surface area contributed by atoms with Gasteiger partial charge < -0.3 is 10.5 Å². The molecule has 1 atom stereocenters. The van der Waals surface area contributed by atoms with Gasteiger partial charge >= 0.3 is 6.09 Å². The lowest BCUT2D eigenvalue weighted by Crippen LogP contribution is -2.27. The van der Waals surface area contributed by atoms with Gasteiger partial charge in [0.05, 0.1) is 0 Å². The molecule has 0 bridgehead atoms. The van der Waals surface area contributed by atoms with E-state index in [1.807, 2.05) is 45.9 Å². The normalized spacial score (nSPS) is 13.0. The average Bonchev–Trinajstić information content (AvgIpc) is 2.13. The molecule has 1 rings (SSSR count). The van der Waals surface area contributed by atoms with Crippen LogP contribution in [0.25, 0.3) is 0 Å². The maximum absolute atomic E-state index is 11.7. The number of benzene rings is 1. The summed E-state index contributed by atoms with van der Waals surface area (Å²) in [6.07, 6.45) is -0.484. The SMILES string of the molecule is C[C@@H](N)c1ccc(Br)cc1NC(=O)OC(C)(C)C. The largest absolute Gasteiger partial charge is 0.444 e. The van der Waals surface area contributed by atoms with E-state index in [9.17, 15) is 4.79 Å². The summed E-state index contributed by atoms with van der Waals surface area (Å²) in [6, 6.07) is 5.41. The smallest absolute Gasteiger partial charge is 0.412 e. The summed E-state index contributed by atoms with van der Waals surface area (Å²) in [5, 5.41) is 2.72. The van der Waals surface area contributed by atoms with Crippen molar-refractivity contribution in [3.63, 3.8) is 0 Å². The Morgan fingerprint density at radius 2 is 2.06 bits per heavy atom. The van der Waals surface area contributed by atoms with E-state index in [4.69, 9.17) is 10.5 Å². The quantitative estimate of drug-likeness (QED) is 0.872. The molecule has 5 heteroatoms. The summed E-state index contributed by atoms with van der Waals surface area (Å²) in [5.74, 6) is 0. The van der Waals surface area contributed by atoms with Gasteiger partial charge in [-0.15, -0.1) is 0 Å². The molecule has 0 saturated carbocycles. The summed E-state index contributed by atoms with van der Waals surface area (Å²) in [4.78, 5) is 11.7. The second-order valence-electron chi connectivity index (χ2n) is 5.15. The molecular formula is C13H19BrN2O2. The fourth-order valence-electron chi connectivity index (χ4n) is 1.45. The van der Waals surface area contributed by atoms with Crippen LogP contribution in [0.1, 0.15) is 39.3 Å². The first-order valence-electron chi connectivity index (χ1n) is 5.74. The molecule has 1 amide bonds. The molecule has 3 N–H and O–H groups in total. The fourth-order valence-corrected chi connectivity index (χ4v) is 1.81. The van der Waals surface area contributed by atoms with Gasteiger partial charge in [0, 0.05) is 16.2 Å². The molecule has 0 aliphatic heterocycles. The van der Waals surface area contributed by atoms with Gasteiger partial charge in [-0.2, -0.15) is 0 Å². The first-order chi connectivity index (χ1) is 8.19. The van der Waals surface area contributed by atoms with Crippen LogP contribution >= 0.6 is 15.9 Å². The van der Waals surface area contributed by atoms with Crippen LogP contribution in [0.2, 0.25) is 0 Å². The van der Waals surface area contributed by atoms with Gasteiger partial charge in [0.1, 0.15) is 5.60 Å². The summed E-state index contributed by atoms with van der Waals surface area (Å²) in [6.45, 7) is 7.32. The number of carbonyl (C=O) groups is 1. The third-order valence-corrected chi connectivity index (χ3v) is 2.63. The van der Waals surface area contributed by atoms with Crippen molar-refractivity contribution in [3.8, 4) is 0 Å². The molecule has 0 spiro atoms. The van der Waals surface area contributed by atoms with Crippen molar-refractivity contribution in [2.24, 2.45) is 5.73 Å². The Morgan fingerprint density at radius 1 is 1.44 bits per heavy atom. The molecule has 0 unspecified atom stereocenters. The molecule has 18 heavy (non-hydrogen) atoms. The third-order valence-electron chi connectivity index (χ3n) is 2.14. The summed E-state index contributed by atoms with van der Waals surface area (Å²) >= 11 is 3.36. The van der Waals surface area contributed by atoms with Gasteiger partial charge in [-0.1, -0.05) is 22.0 Å². The van der Waals surface area contributed by atoms with E-state index in [0.29, 0.717) is 5.69 Å². The Bertz CT molecular complexity index is 439. The lowest BCUT2D eigenvalue weighted by atomic mass is 10.1. The Balaban J connectivity index is 2.89. The number of nitrogens with one attached hydrogen (secondary N) is 1. The number of nitrogens with two attached hydrogens (primary N) is 1. The Labute approximate surface area is 116 Å². The highest BCUT2D eigenvalue weighted by molar-refractivity contribution is 9.10. The van der Waals surface area contributed by atoms with Gasteiger partial charge in [0.2, 0.25) is 0 Å². The van der Waals surface area contributed by atoms with E-state index >= 15 is 0 Å². The topological polar surface area (TPSA) is 64.3 Å². The molecule has 1 aromatic rings. The maximum Gasteiger partial charge on any atom is 0.412 e. The highest BCUT2D eigenvalue weighted by atomic mass is 79.9. The Morgan fingerprint density at radius 3 is 2.56 bits per heavy atom. The average molecular weight is 315 g/mol. The zero-order chi connectivity index (χ0) is 13.9. The number of anilines is 1. The van der Waals surface area contributed by atoms with Gasteiger partial charge in [-0.05, 0) is 45.4 Å². The minimum atomic E-state index is -0.523. The van der Waals surface area contributed by atoms with Crippen LogP contribution in [0.4, 0.5) is 10.5 Å². The summed E-state index contributed by atoms with van der Waals surface area (Å²) in [7, 11) is 0. The minimum absolute atomic E-state index is 0.164. The van der Waals surface area contributed by atoms with E-state index in [-0.39, 0.29) is 6.04 Å². The molecule has 0 aliphatic rings. The number of hydrogen-bond acceptors (Lipinski definition) is 3. The second-order valence-corrected chi connectivity index (χ2v) is 6.06. The Kier molecular flexibility index (Phi) is 4.76. The van der Waals surface area contributed by atoms with E-state index in [1.165, 1.54) is 0 Å². The van der Waals surface area contributed by atoms with E-state index < -0.39 is 11.7 Å². The standard InChI is InChI=1S/C13H19BrN2O2/c1-8(15)10-6-5-9(14)7-11(10)16-12(17)18-13(2,3)4/h5-8H,15H2,1-4H3,(H,16,17)/t8-/m1/s1. The second kappa shape index (κ2) is 5.71. The number of halogens is 1. The van der Waals surface area contributed by atoms with Crippen molar-refractivity contribution in [2.45, 2.75) is 39.3 Å². The van der Waals surface area contributed by atoms with Crippen molar-refractivity contribution in [1.82, 2.24) is 0 Å². The number of ether oxygens (including phenoxy) is 1. The Hall–Kier alpha value is -1.07. The third kappa shape index (κ3) is 4.66. The first kappa shape index (κ1) is 15.0. The zero-order valence-corrected chi connectivity index (χ0v) is 12.7. The lowest BCUT2D eigenvalue weighted by Gasteiger charge is -2.21. The molecule has 0 fully saturated rings. The molecule has 0 heterocycles. The van der Waals surface area contributed by atoms with Crippen molar-refractivity contribution >= 4 is 27.7 Å². The van der Waals surface area contributed by atoms with E-state index in [0.717, 1.165) is 10.0 Å². The van der Waals surface area contributed by atoms with Crippen molar-refractivity contribution in [2.75, 3.05) is 5.32 Å². The molecule has 0 aliphatic carbocycles. The fraction of sp³-hybridized carbons (Fsp3) is 0.462. The van der Waals surface area contributed by atoms with Crippen LogP contribution in [-0.2, 0) is 4.74 Å². The van der Waals surface area contributed by atoms with Crippen LogP contribution < -0.4 is 11.1 Å². The molecular weight excluding hydrogens is 296 g/mol. The van der Waals surface area contributed by atoms with Crippen molar-refractivity contribution < 1.29 is 9.53 Å². The lowest BCUT2D eigenvalue weighted by molar-refractivity contribution is 0.0636. The van der Waals surface area contributed by atoms with Crippen molar-refractivity contribution in [3.05, 3.63) is 28.2 Å². The molecule has 4 nitrogen and oxygen atoms in total. The van der Waals surface area contributed by atoms with Crippen LogP contribution in [0.5, 0.6) is 0 Å². The molecule has 0 radical (unpaired) electrons. The van der Waals surface area contributed by atoms with Crippen LogP contribution in [0, 0.1) is 0 Å². The first-order valence-corrected chi connectivity index (χ1v) is 6.53. The van der Waals surface area contributed by atoms with E-state index in [2.05, 4.69) is 21.2 Å². The van der Waals surface area contributed by atoms with Crippen LogP contribution in [-0.4, -0.2) is 11.7 Å². The monoisotopic (exact) mass is 314 g/mol. The minimum Gasteiger partial charge on any atom is -0.444 e. The molecule has 0 aromatic heterocycles. The highest BCUT2D eigenvalue weighted by Crippen LogP contribution is 2.26. The number of hydrogen-bond donors (Lipinski definition) is 2. The van der Waals surface area contributed by atoms with Crippen molar-refractivity contribution in [1.29, 1.82) is 0 Å². The molecule has 0 saturated heterocycles. The zero-order valence-electron chi connectivity index (χ0n) is 11.1. The number of carbonyl (C=O) groups excluding carboxylic acids is 1. The maximum atomic E-state index is 11.7. The predicted octanol–water partition coefficient (Wildman–Crippen LogP) is 3.82. The van der Waals surface area contributed by atoms with Gasteiger partial charge in [0.15, 0.2) is 0 Å². The molecule has 100 valence electrons. The molecule has 1 aromatic carbocycles. The highest BCUT2D eigenvalue weighted by Gasteiger charge is 2.18. The summed E-state index contributed by atoms with van der Waals surface area (Å²) in [5.41, 5.74) is 6.86. The number of amides is 1. The van der Waals surface area contributed by atoms with E-state index in [1.54, 1.807) is 0 Å². The van der Waals surface area contributed by atoms with Crippen LogP contribution in [0.3, 0.4) is 0 Å². The summed E-state index contributed by atoms with van der Waals surface area (Å²) < 4.78 is 6.08. The van der Waals surface area contributed by atoms with Gasteiger partial charge in [-0.3, -0.25) is 5.32 Å². The van der Waals surface area contributed by atoms with Crippen LogP contribution in [0.15, 0.2) is 22.7 Å². The van der Waals surface area contributed by atoms with Gasteiger partial charge in [0.25, 0.3) is 0 Å². The number of rotatable bonds is 2.